The van der Waals surface area contributed by atoms with Gasteiger partial charge in [0.05, 0.1) is 19.1 Å². The number of rotatable bonds is 3. The molecule has 0 unspecified atom stereocenters. The zero-order chi connectivity index (χ0) is 17.4. The lowest BCUT2D eigenvalue weighted by Gasteiger charge is -2.33. The van der Waals surface area contributed by atoms with Crippen LogP contribution in [0.1, 0.15) is 18.8 Å². The van der Waals surface area contributed by atoms with Gasteiger partial charge in [0.2, 0.25) is 5.91 Å². The Morgan fingerprint density at radius 2 is 2.04 bits per heavy atom. The summed E-state index contributed by atoms with van der Waals surface area (Å²) in [5, 5.41) is 4.56. The highest BCUT2D eigenvalue weighted by Gasteiger charge is 2.33. The van der Waals surface area contributed by atoms with Gasteiger partial charge >= 0.3 is 6.09 Å². The van der Waals surface area contributed by atoms with E-state index < -0.39 is 6.09 Å². The Bertz CT molecular complexity index is 804. The molecule has 0 N–H and O–H groups in total. The van der Waals surface area contributed by atoms with Gasteiger partial charge in [0.1, 0.15) is 19.0 Å². The number of nitrogens with zero attached hydrogens (tertiary/aromatic N) is 5. The molecule has 1 saturated heterocycles. The molecule has 8 heteroatoms. The minimum atomic E-state index is -0.424. The first-order valence-corrected chi connectivity index (χ1v) is 8.35. The van der Waals surface area contributed by atoms with Crippen LogP contribution in [0.4, 0.5) is 4.79 Å². The third-order valence-electron chi connectivity index (χ3n) is 4.62. The molecular formula is C17H19N5O3. The number of carbonyl (C=O) groups excluding carboxylic acids is 2. The molecule has 3 heterocycles. The van der Waals surface area contributed by atoms with Gasteiger partial charge in [-0.15, -0.1) is 0 Å². The molecule has 130 valence electrons. The molecular weight excluding hydrogens is 322 g/mol. The number of hydrogen-bond acceptors (Lipinski definition) is 5. The zero-order valence-electron chi connectivity index (χ0n) is 14.0. The van der Waals surface area contributed by atoms with Gasteiger partial charge in [-0.2, -0.15) is 5.10 Å². The van der Waals surface area contributed by atoms with Crippen LogP contribution in [0.25, 0.3) is 11.4 Å². The topological polar surface area (TPSA) is 80.6 Å². The maximum Gasteiger partial charge on any atom is 0.410 e. The Hall–Kier alpha value is -2.90. The minimum absolute atomic E-state index is 0.0445. The Morgan fingerprint density at radius 1 is 1.24 bits per heavy atom. The van der Waals surface area contributed by atoms with Crippen molar-refractivity contribution in [2.24, 2.45) is 0 Å². The van der Waals surface area contributed by atoms with Gasteiger partial charge < -0.3 is 9.64 Å². The number of fused-ring (bicyclic) bond motifs is 1. The fourth-order valence-corrected chi connectivity index (χ4v) is 3.24. The Labute approximate surface area is 145 Å². The Morgan fingerprint density at radius 3 is 2.76 bits per heavy atom. The lowest BCUT2D eigenvalue weighted by atomic mass is 10.2. The molecule has 0 bridgehead atoms. The summed E-state index contributed by atoms with van der Waals surface area (Å²) in [6, 6.07) is 9.59. The average Bonchev–Trinajstić information content (AvgIpc) is 3.23. The number of aromatic nitrogens is 3. The van der Waals surface area contributed by atoms with Gasteiger partial charge in [-0.3, -0.25) is 9.69 Å². The summed E-state index contributed by atoms with van der Waals surface area (Å²) >= 11 is 0. The summed E-state index contributed by atoms with van der Waals surface area (Å²) in [6.45, 7) is 3.93. The summed E-state index contributed by atoms with van der Waals surface area (Å²) in [7, 11) is 0. The van der Waals surface area contributed by atoms with Gasteiger partial charge in [0.15, 0.2) is 5.82 Å². The van der Waals surface area contributed by atoms with E-state index >= 15 is 0 Å². The first-order valence-electron chi connectivity index (χ1n) is 8.35. The highest BCUT2D eigenvalue weighted by atomic mass is 16.6. The number of carbonyl (C=O) groups is 2. The summed E-state index contributed by atoms with van der Waals surface area (Å²) in [6.07, 6.45) is -0.424. The van der Waals surface area contributed by atoms with E-state index in [9.17, 15) is 9.59 Å². The SMILES string of the molecule is C[C@H]1c2nc(-c3ccccc3)nn2CCN1C(=O)CN1CCOC1=O. The van der Waals surface area contributed by atoms with E-state index in [2.05, 4.69) is 10.1 Å². The number of benzene rings is 1. The molecule has 0 spiro atoms. The largest absolute Gasteiger partial charge is 0.448 e. The second-order valence-electron chi connectivity index (χ2n) is 6.18. The highest BCUT2D eigenvalue weighted by Crippen LogP contribution is 2.26. The van der Waals surface area contributed by atoms with Crippen molar-refractivity contribution in [3.63, 3.8) is 0 Å². The van der Waals surface area contributed by atoms with E-state index in [1.165, 1.54) is 4.90 Å². The van der Waals surface area contributed by atoms with Gasteiger partial charge in [-0.1, -0.05) is 30.3 Å². The summed E-state index contributed by atoms with van der Waals surface area (Å²) < 4.78 is 6.74. The monoisotopic (exact) mass is 341 g/mol. The maximum absolute atomic E-state index is 12.6. The van der Waals surface area contributed by atoms with Crippen molar-refractivity contribution in [2.75, 3.05) is 26.2 Å². The molecule has 1 atom stereocenters. The smallest absolute Gasteiger partial charge is 0.410 e. The molecule has 4 rings (SSSR count). The van der Waals surface area contributed by atoms with Crippen molar-refractivity contribution in [1.29, 1.82) is 0 Å². The van der Waals surface area contributed by atoms with Crippen molar-refractivity contribution in [1.82, 2.24) is 24.6 Å². The van der Waals surface area contributed by atoms with E-state index in [0.29, 0.717) is 32.1 Å². The van der Waals surface area contributed by atoms with E-state index in [4.69, 9.17) is 4.74 Å². The summed E-state index contributed by atoms with van der Waals surface area (Å²) in [4.78, 5) is 32.0. The standard InChI is InChI=1S/C17H19N5O3/c1-12-16-18-15(13-5-3-2-4-6-13)19-22(16)8-7-21(12)14(23)11-20-9-10-25-17(20)24/h2-6,12H,7-11H2,1H3/t12-/m0/s1. The lowest BCUT2D eigenvalue weighted by molar-refractivity contribution is -0.135. The zero-order valence-corrected chi connectivity index (χ0v) is 14.0. The molecule has 2 amide bonds. The normalized spacial score (nSPS) is 19.7. The molecule has 2 aliphatic rings. The van der Waals surface area contributed by atoms with Crippen LogP contribution in [0.5, 0.6) is 0 Å². The van der Waals surface area contributed by atoms with E-state index in [-0.39, 0.29) is 18.5 Å². The van der Waals surface area contributed by atoms with Crippen LogP contribution in [0.3, 0.4) is 0 Å². The molecule has 0 aliphatic carbocycles. The first-order chi connectivity index (χ1) is 12.1. The second kappa shape index (κ2) is 6.19. The average molecular weight is 341 g/mol. The molecule has 2 aliphatic heterocycles. The third-order valence-corrected chi connectivity index (χ3v) is 4.62. The first kappa shape index (κ1) is 15.6. The molecule has 0 saturated carbocycles. The molecule has 0 radical (unpaired) electrons. The van der Waals surface area contributed by atoms with Gasteiger partial charge in [-0.25, -0.2) is 14.5 Å². The van der Waals surface area contributed by atoms with Crippen LogP contribution in [0.2, 0.25) is 0 Å². The van der Waals surface area contributed by atoms with E-state index in [1.807, 2.05) is 41.9 Å². The number of cyclic esters (lactones) is 1. The van der Waals surface area contributed by atoms with Gasteiger partial charge in [0.25, 0.3) is 0 Å². The van der Waals surface area contributed by atoms with Crippen molar-refractivity contribution < 1.29 is 14.3 Å². The summed E-state index contributed by atoms with van der Waals surface area (Å²) in [5.74, 6) is 1.34. The van der Waals surface area contributed by atoms with Crippen molar-refractivity contribution in [3.8, 4) is 11.4 Å². The molecule has 1 fully saturated rings. The minimum Gasteiger partial charge on any atom is -0.448 e. The number of ether oxygens (including phenoxy) is 1. The number of amides is 2. The Kier molecular flexibility index (Phi) is 3.87. The van der Waals surface area contributed by atoms with E-state index in [1.54, 1.807) is 4.90 Å². The summed E-state index contributed by atoms with van der Waals surface area (Å²) in [5.41, 5.74) is 0.953. The second-order valence-corrected chi connectivity index (χ2v) is 6.18. The predicted molar refractivity (Wildman–Crippen MR) is 88.5 cm³/mol. The number of hydrogen-bond donors (Lipinski definition) is 0. The Balaban J connectivity index is 1.53. The quantitative estimate of drug-likeness (QED) is 0.841. The molecule has 1 aromatic carbocycles. The van der Waals surface area contributed by atoms with Crippen LogP contribution < -0.4 is 0 Å². The van der Waals surface area contributed by atoms with Crippen LogP contribution in [0.15, 0.2) is 30.3 Å². The lowest BCUT2D eigenvalue weighted by Crippen LogP contribution is -2.46. The fraction of sp³-hybridized carbons (Fsp3) is 0.412. The van der Waals surface area contributed by atoms with Crippen molar-refractivity contribution in [2.45, 2.75) is 19.5 Å². The fourth-order valence-electron chi connectivity index (χ4n) is 3.24. The van der Waals surface area contributed by atoms with Crippen LogP contribution in [-0.4, -0.2) is 62.8 Å². The molecule has 2 aromatic rings. The van der Waals surface area contributed by atoms with Crippen LogP contribution in [0, 0.1) is 0 Å². The molecule has 8 nitrogen and oxygen atoms in total. The van der Waals surface area contributed by atoms with Gasteiger partial charge in [0, 0.05) is 12.1 Å². The van der Waals surface area contributed by atoms with Gasteiger partial charge in [-0.05, 0) is 6.92 Å². The van der Waals surface area contributed by atoms with Crippen molar-refractivity contribution in [3.05, 3.63) is 36.2 Å². The van der Waals surface area contributed by atoms with Crippen molar-refractivity contribution >= 4 is 12.0 Å². The molecule has 25 heavy (non-hydrogen) atoms. The third kappa shape index (κ3) is 2.84. The highest BCUT2D eigenvalue weighted by molar-refractivity contribution is 5.83. The van der Waals surface area contributed by atoms with Crippen LogP contribution in [-0.2, 0) is 16.1 Å². The van der Waals surface area contributed by atoms with Crippen LogP contribution >= 0.6 is 0 Å². The predicted octanol–water partition coefficient (Wildman–Crippen LogP) is 1.30. The van der Waals surface area contributed by atoms with E-state index in [0.717, 1.165) is 11.4 Å². The molecule has 1 aromatic heterocycles. The maximum atomic E-state index is 12.6.